The Labute approximate surface area is 192 Å². The summed E-state index contributed by atoms with van der Waals surface area (Å²) in [5.74, 6) is 0.689. The van der Waals surface area contributed by atoms with E-state index in [1.165, 1.54) is 63.0 Å². The van der Waals surface area contributed by atoms with Gasteiger partial charge in [-0.2, -0.15) is 0 Å². The molecule has 172 valence electrons. The van der Waals surface area contributed by atoms with Crippen LogP contribution < -0.4 is 4.90 Å². The molecule has 2 fully saturated rings. The van der Waals surface area contributed by atoms with Gasteiger partial charge in [-0.25, -0.2) is 0 Å². The lowest BCUT2D eigenvalue weighted by Gasteiger charge is -2.49. The number of rotatable bonds is 7. The van der Waals surface area contributed by atoms with E-state index in [4.69, 9.17) is 4.74 Å². The average molecular weight is 437 g/mol. The number of anilines is 1. The normalized spacial score (nSPS) is 27.0. The van der Waals surface area contributed by atoms with E-state index in [0.29, 0.717) is 17.9 Å². The van der Waals surface area contributed by atoms with E-state index in [2.05, 4.69) is 62.6 Å². The highest BCUT2D eigenvalue weighted by Crippen LogP contribution is 2.52. The van der Waals surface area contributed by atoms with Gasteiger partial charge in [0.05, 0.1) is 6.61 Å². The van der Waals surface area contributed by atoms with Crippen LogP contribution in [0, 0.1) is 11.3 Å². The van der Waals surface area contributed by atoms with E-state index in [1.807, 2.05) is 0 Å². The lowest BCUT2D eigenvalue weighted by Crippen LogP contribution is -2.48. The molecule has 0 spiro atoms. The molecule has 0 aromatic heterocycles. The second-order valence-electron chi connectivity index (χ2n) is 10.7. The summed E-state index contributed by atoms with van der Waals surface area (Å²) in [6.07, 6.45) is 6.51. The number of hydrogen-bond donors (Lipinski definition) is 0. The van der Waals surface area contributed by atoms with Gasteiger partial charge in [0.15, 0.2) is 0 Å². The first-order chi connectivity index (χ1) is 13.8. The van der Waals surface area contributed by atoms with Crippen molar-refractivity contribution >= 4 is 18.1 Å². The van der Waals surface area contributed by atoms with Crippen molar-refractivity contribution in [2.75, 3.05) is 44.7 Å². The van der Waals surface area contributed by atoms with Crippen LogP contribution in [0.1, 0.15) is 77.8 Å². The molecule has 1 aromatic carbocycles. The van der Waals surface area contributed by atoms with Crippen molar-refractivity contribution in [1.29, 1.82) is 0 Å². The molecule has 0 N–H and O–H groups in total. The fourth-order valence-electron chi connectivity index (χ4n) is 5.57. The predicted octanol–water partition coefficient (Wildman–Crippen LogP) is 6.28. The van der Waals surface area contributed by atoms with Crippen LogP contribution in [0.25, 0.3) is 0 Å². The van der Waals surface area contributed by atoms with Gasteiger partial charge < -0.3 is 9.64 Å². The van der Waals surface area contributed by atoms with E-state index in [-0.39, 0.29) is 17.8 Å². The Morgan fingerprint density at radius 2 is 1.77 bits per heavy atom. The van der Waals surface area contributed by atoms with Crippen molar-refractivity contribution in [2.45, 2.75) is 78.7 Å². The van der Waals surface area contributed by atoms with Crippen molar-refractivity contribution in [3.05, 3.63) is 29.3 Å². The van der Waals surface area contributed by atoms with Gasteiger partial charge in [0.25, 0.3) is 0 Å². The molecule has 2 unspecified atom stereocenters. The summed E-state index contributed by atoms with van der Waals surface area (Å²) in [5.41, 5.74) is 5.07. The van der Waals surface area contributed by atoms with Crippen molar-refractivity contribution in [1.82, 2.24) is 4.90 Å². The van der Waals surface area contributed by atoms with Gasteiger partial charge in [0.1, 0.15) is 0 Å². The average Bonchev–Trinajstić information content (AvgIpc) is 2.70. The molecule has 2 atom stereocenters. The standard InChI is InChI=1S/C26H44N2O.ClH/c1-7-8-13-27-14-16-28(17-15-27)24-10-9-22(20-29-6)18-23(24)26(5)12-11-25(3,4)19-21(26)2;/h9-10,18,21H,7-8,11-17,19-20H2,1-6H3;1H. The molecule has 1 saturated heterocycles. The summed E-state index contributed by atoms with van der Waals surface area (Å²) in [6, 6.07) is 7.15. The van der Waals surface area contributed by atoms with Crippen LogP contribution in [-0.4, -0.2) is 44.7 Å². The number of piperazine rings is 1. The van der Waals surface area contributed by atoms with E-state index in [0.717, 1.165) is 13.1 Å². The second-order valence-corrected chi connectivity index (χ2v) is 10.7. The zero-order chi connectivity index (χ0) is 21.1. The zero-order valence-corrected chi connectivity index (χ0v) is 21.1. The van der Waals surface area contributed by atoms with Crippen LogP contribution >= 0.6 is 12.4 Å². The highest BCUT2D eigenvalue weighted by Gasteiger charge is 2.43. The summed E-state index contributed by atoms with van der Waals surface area (Å²) in [7, 11) is 1.80. The largest absolute Gasteiger partial charge is 0.380 e. The number of hydrogen-bond acceptors (Lipinski definition) is 3. The first-order valence-electron chi connectivity index (χ1n) is 11.9. The Balaban J connectivity index is 0.00000320. The van der Waals surface area contributed by atoms with Gasteiger partial charge in [-0.1, -0.05) is 53.2 Å². The molecule has 4 heteroatoms. The molecular formula is C26H45ClN2O. The molecule has 3 nitrogen and oxygen atoms in total. The molecule has 1 aliphatic heterocycles. The minimum atomic E-state index is 0. The van der Waals surface area contributed by atoms with Gasteiger partial charge in [-0.15, -0.1) is 12.4 Å². The molecular weight excluding hydrogens is 392 g/mol. The first kappa shape index (κ1) is 25.5. The minimum absolute atomic E-state index is 0. The highest BCUT2D eigenvalue weighted by molar-refractivity contribution is 5.85. The SMILES string of the molecule is CCCCN1CCN(c2ccc(COC)cc2C2(C)CCC(C)(C)CC2C)CC1.Cl. The number of methoxy groups -OCH3 is 1. The molecule has 30 heavy (non-hydrogen) atoms. The molecule has 0 amide bonds. The third-order valence-corrected chi connectivity index (χ3v) is 7.80. The third-order valence-electron chi connectivity index (χ3n) is 7.80. The van der Waals surface area contributed by atoms with Gasteiger partial charge >= 0.3 is 0 Å². The van der Waals surface area contributed by atoms with Crippen molar-refractivity contribution < 1.29 is 4.74 Å². The van der Waals surface area contributed by atoms with Gasteiger partial charge in [0, 0.05) is 39.0 Å². The molecule has 1 aromatic rings. The zero-order valence-electron chi connectivity index (χ0n) is 20.3. The minimum Gasteiger partial charge on any atom is -0.380 e. The van der Waals surface area contributed by atoms with E-state index >= 15 is 0 Å². The number of halogens is 1. The molecule has 2 aliphatic rings. The Bertz CT molecular complexity index is 669. The van der Waals surface area contributed by atoms with Crippen molar-refractivity contribution in [2.24, 2.45) is 11.3 Å². The van der Waals surface area contributed by atoms with Crippen LogP contribution in [-0.2, 0) is 16.8 Å². The van der Waals surface area contributed by atoms with Gasteiger partial charge in [-0.3, -0.25) is 4.90 Å². The maximum absolute atomic E-state index is 5.48. The predicted molar refractivity (Wildman–Crippen MR) is 132 cm³/mol. The van der Waals surface area contributed by atoms with Crippen LogP contribution in [0.3, 0.4) is 0 Å². The molecule has 1 aliphatic carbocycles. The van der Waals surface area contributed by atoms with Crippen LogP contribution in [0.4, 0.5) is 5.69 Å². The fourth-order valence-corrected chi connectivity index (χ4v) is 5.57. The highest BCUT2D eigenvalue weighted by atomic mass is 35.5. The number of nitrogens with zero attached hydrogens (tertiary/aromatic N) is 2. The third kappa shape index (κ3) is 5.72. The summed E-state index contributed by atoms with van der Waals surface area (Å²) in [4.78, 5) is 5.30. The van der Waals surface area contributed by atoms with Gasteiger partial charge in [0.2, 0.25) is 0 Å². The number of benzene rings is 1. The topological polar surface area (TPSA) is 15.7 Å². The Kier molecular flexibility index (Phi) is 9.09. The summed E-state index contributed by atoms with van der Waals surface area (Å²) >= 11 is 0. The molecule has 3 rings (SSSR count). The molecule has 0 radical (unpaired) electrons. The second kappa shape index (κ2) is 10.7. The monoisotopic (exact) mass is 436 g/mol. The van der Waals surface area contributed by atoms with Crippen molar-refractivity contribution in [3.63, 3.8) is 0 Å². The van der Waals surface area contributed by atoms with E-state index in [1.54, 1.807) is 12.7 Å². The smallest absolute Gasteiger partial charge is 0.0713 e. The van der Waals surface area contributed by atoms with Crippen LogP contribution in [0.5, 0.6) is 0 Å². The molecule has 1 saturated carbocycles. The Hall–Kier alpha value is -0.770. The lowest BCUT2D eigenvalue weighted by molar-refractivity contribution is 0.109. The summed E-state index contributed by atoms with van der Waals surface area (Å²) in [6.45, 7) is 18.8. The fraction of sp³-hybridized carbons (Fsp3) is 0.769. The van der Waals surface area contributed by atoms with Gasteiger partial charge in [-0.05, 0) is 66.2 Å². The van der Waals surface area contributed by atoms with E-state index in [9.17, 15) is 0 Å². The molecule has 1 heterocycles. The number of unbranched alkanes of at least 4 members (excludes halogenated alkanes) is 1. The maximum Gasteiger partial charge on any atom is 0.0713 e. The van der Waals surface area contributed by atoms with Crippen LogP contribution in [0.2, 0.25) is 0 Å². The Morgan fingerprint density at radius 1 is 1.07 bits per heavy atom. The summed E-state index contributed by atoms with van der Waals surface area (Å²) < 4.78 is 5.48. The lowest BCUT2D eigenvalue weighted by atomic mass is 9.57. The van der Waals surface area contributed by atoms with Crippen LogP contribution in [0.15, 0.2) is 18.2 Å². The molecule has 0 bridgehead atoms. The maximum atomic E-state index is 5.48. The van der Waals surface area contributed by atoms with E-state index < -0.39 is 0 Å². The summed E-state index contributed by atoms with van der Waals surface area (Å²) in [5, 5.41) is 0. The van der Waals surface area contributed by atoms with Crippen molar-refractivity contribution in [3.8, 4) is 0 Å². The Morgan fingerprint density at radius 3 is 2.37 bits per heavy atom. The quantitative estimate of drug-likeness (QED) is 0.500. The number of ether oxygens (including phenoxy) is 1. The first-order valence-corrected chi connectivity index (χ1v) is 11.9.